The maximum atomic E-state index is 5.88. The van der Waals surface area contributed by atoms with E-state index in [2.05, 4.69) is 40.1 Å². The van der Waals surface area contributed by atoms with Crippen LogP contribution >= 0.6 is 0 Å². The quantitative estimate of drug-likeness (QED) is 0.409. The molecule has 0 saturated heterocycles. The molecule has 0 radical (unpaired) electrons. The molecule has 9 nitrogen and oxygen atoms in total. The number of imidazole rings is 1. The number of hydrogen-bond acceptors (Lipinski definition) is 7. The first-order valence-corrected chi connectivity index (χ1v) is 9.58. The van der Waals surface area contributed by atoms with Crippen molar-refractivity contribution in [3.8, 4) is 34.0 Å². The molecule has 0 amide bonds. The van der Waals surface area contributed by atoms with Gasteiger partial charge in [0.1, 0.15) is 5.69 Å². The Kier molecular flexibility index (Phi) is 3.72. The molecule has 9 heteroatoms. The fourth-order valence-corrected chi connectivity index (χ4v) is 3.61. The lowest BCUT2D eigenvalue weighted by atomic mass is 10.1. The van der Waals surface area contributed by atoms with Gasteiger partial charge in [0.05, 0.1) is 34.3 Å². The van der Waals surface area contributed by atoms with Gasteiger partial charge in [0.25, 0.3) is 0 Å². The molecule has 6 aromatic rings. The Morgan fingerprint density at radius 1 is 0.871 bits per heavy atom. The van der Waals surface area contributed by atoms with Crippen molar-refractivity contribution >= 4 is 27.8 Å². The summed E-state index contributed by atoms with van der Waals surface area (Å²) in [6, 6.07) is 11.5. The first kappa shape index (κ1) is 17.2. The van der Waals surface area contributed by atoms with Crippen molar-refractivity contribution in [2.45, 2.75) is 0 Å². The van der Waals surface area contributed by atoms with Crippen LogP contribution in [0.4, 0.5) is 5.69 Å². The summed E-state index contributed by atoms with van der Waals surface area (Å²) in [6.07, 6.45) is 8.57. The van der Waals surface area contributed by atoms with Crippen molar-refractivity contribution < 1.29 is 0 Å². The highest BCUT2D eigenvalue weighted by atomic mass is 15.1. The fraction of sp³-hybridized carbons (Fsp3) is 0. The maximum absolute atomic E-state index is 5.88. The number of hydrogen-bond donors (Lipinski definition) is 3. The van der Waals surface area contributed by atoms with Crippen LogP contribution in [-0.2, 0) is 0 Å². The van der Waals surface area contributed by atoms with Gasteiger partial charge in [-0.05, 0) is 30.3 Å². The number of nitrogens with one attached hydrogen (secondary N) is 2. The van der Waals surface area contributed by atoms with E-state index in [4.69, 9.17) is 5.73 Å². The first-order chi connectivity index (χ1) is 15.3. The number of aromatic nitrogens is 8. The van der Waals surface area contributed by atoms with Gasteiger partial charge in [-0.1, -0.05) is 6.07 Å². The number of rotatable bonds is 3. The zero-order valence-electron chi connectivity index (χ0n) is 16.1. The Bertz CT molecular complexity index is 1550. The van der Waals surface area contributed by atoms with Crippen LogP contribution in [0.15, 0.2) is 67.4 Å². The van der Waals surface area contributed by atoms with Crippen molar-refractivity contribution in [3.05, 3.63) is 67.4 Å². The van der Waals surface area contributed by atoms with Gasteiger partial charge < -0.3 is 10.7 Å². The van der Waals surface area contributed by atoms with Gasteiger partial charge in [0, 0.05) is 41.3 Å². The molecule has 0 bridgehead atoms. The Hall–Kier alpha value is -4.66. The van der Waals surface area contributed by atoms with Crippen LogP contribution in [0, 0.1) is 0 Å². The summed E-state index contributed by atoms with van der Waals surface area (Å²) in [5.74, 6) is 0.611. The lowest BCUT2D eigenvalue weighted by molar-refractivity contribution is 1.10. The topological polar surface area (TPSA) is 135 Å². The van der Waals surface area contributed by atoms with Crippen LogP contribution in [0.5, 0.6) is 0 Å². The molecule has 0 fully saturated rings. The molecule has 0 saturated carbocycles. The molecule has 0 atom stereocenters. The Morgan fingerprint density at radius 2 is 1.84 bits per heavy atom. The van der Waals surface area contributed by atoms with E-state index in [1.165, 1.54) is 0 Å². The summed E-state index contributed by atoms with van der Waals surface area (Å²) in [6.45, 7) is 0. The smallest absolute Gasteiger partial charge is 0.178 e. The summed E-state index contributed by atoms with van der Waals surface area (Å²) in [7, 11) is 0. The third kappa shape index (κ3) is 2.87. The third-order valence-corrected chi connectivity index (χ3v) is 5.06. The number of nitrogens with zero attached hydrogens (tertiary/aromatic N) is 6. The minimum Gasteiger partial charge on any atom is -0.397 e. The first-order valence-electron chi connectivity index (χ1n) is 9.58. The molecule has 4 N–H and O–H groups in total. The van der Waals surface area contributed by atoms with Gasteiger partial charge in [-0.3, -0.25) is 20.1 Å². The highest BCUT2D eigenvalue weighted by molar-refractivity contribution is 5.96. The van der Waals surface area contributed by atoms with E-state index < -0.39 is 0 Å². The number of anilines is 1. The van der Waals surface area contributed by atoms with E-state index >= 15 is 0 Å². The van der Waals surface area contributed by atoms with Gasteiger partial charge in [-0.15, -0.1) is 0 Å². The predicted octanol–water partition coefficient (Wildman–Crippen LogP) is 3.60. The number of aromatic amines is 2. The van der Waals surface area contributed by atoms with Crippen molar-refractivity contribution in [1.82, 2.24) is 40.1 Å². The van der Waals surface area contributed by atoms with Crippen LogP contribution in [-0.4, -0.2) is 40.1 Å². The highest BCUT2D eigenvalue weighted by Gasteiger charge is 2.17. The Morgan fingerprint density at radius 3 is 2.71 bits per heavy atom. The van der Waals surface area contributed by atoms with Gasteiger partial charge in [0.2, 0.25) is 0 Å². The zero-order valence-corrected chi connectivity index (χ0v) is 16.1. The molecular formula is C22H15N9. The summed E-state index contributed by atoms with van der Waals surface area (Å²) in [5, 5.41) is 8.38. The molecule has 0 aliphatic rings. The van der Waals surface area contributed by atoms with Gasteiger partial charge >= 0.3 is 0 Å². The van der Waals surface area contributed by atoms with E-state index in [9.17, 15) is 0 Å². The molecule has 31 heavy (non-hydrogen) atoms. The molecule has 148 valence electrons. The van der Waals surface area contributed by atoms with E-state index in [0.29, 0.717) is 22.9 Å². The molecule has 0 aromatic carbocycles. The summed E-state index contributed by atoms with van der Waals surface area (Å²) in [4.78, 5) is 25.6. The fourth-order valence-electron chi connectivity index (χ4n) is 3.61. The summed E-state index contributed by atoms with van der Waals surface area (Å²) < 4.78 is 0. The predicted molar refractivity (Wildman–Crippen MR) is 118 cm³/mol. The van der Waals surface area contributed by atoms with Crippen LogP contribution in [0.3, 0.4) is 0 Å². The number of pyridine rings is 4. The van der Waals surface area contributed by atoms with E-state index in [-0.39, 0.29) is 0 Å². The number of nitrogens with two attached hydrogens (primary N) is 1. The molecule has 0 unspecified atom stereocenters. The molecule has 6 rings (SSSR count). The number of nitrogen functional groups attached to an aromatic ring is 1. The minimum atomic E-state index is 0.581. The van der Waals surface area contributed by atoms with Gasteiger partial charge in [-0.2, -0.15) is 5.10 Å². The van der Waals surface area contributed by atoms with Gasteiger partial charge in [-0.25, -0.2) is 9.97 Å². The second kappa shape index (κ2) is 6.70. The van der Waals surface area contributed by atoms with Crippen molar-refractivity contribution in [1.29, 1.82) is 0 Å². The molecule has 6 aromatic heterocycles. The zero-order chi connectivity index (χ0) is 20.8. The van der Waals surface area contributed by atoms with Crippen LogP contribution in [0.2, 0.25) is 0 Å². The van der Waals surface area contributed by atoms with Crippen molar-refractivity contribution in [2.75, 3.05) is 5.73 Å². The van der Waals surface area contributed by atoms with E-state index in [1.807, 2.05) is 36.4 Å². The number of fused-ring (bicyclic) bond motifs is 2. The average Bonchev–Trinajstić information content (AvgIpc) is 3.43. The summed E-state index contributed by atoms with van der Waals surface area (Å²) in [5.41, 5.74) is 12.7. The molecule has 0 aliphatic carbocycles. The van der Waals surface area contributed by atoms with Gasteiger partial charge in [0.15, 0.2) is 11.5 Å². The van der Waals surface area contributed by atoms with E-state index in [1.54, 1.807) is 31.0 Å². The minimum absolute atomic E-state index is 0.581. The van der Waals surface area contributed by atoms with Crippen LogP contribution < -0.4 is 5.73 Å². The third-order valence-electron chi connectivity index (χ3n) is 5.06. The monoisotopic (exact) mass is 405 g/mol. The normalized spacial score (nSPS) is 11.4. The molecular weight excluding hydrogens is 390 g/mol. The SMILES string of the molecule is Nc1cncc(-c2cc3c(-c4nc5nccc(-c6ccccn6)c5[nH]4)n[nH]c3cn2)c1. The van der Waals surface area contributed by atoms with Crippen LogP contribution in [0.1, 0.15) is 0 Å². The average molecular weight is 405 g/mol. The van der Waals surface area contributed by atoms with E-state index in [0.717, 1.165) is 38.9 Å². The molecule has 6 heterocycles. The molecule has 0 spiro atoms. The van der Waals surface area contributed by atoms with Crippen molar-refractivity contribution in [3.63, 3.8) is 0 Å². The standard InChI is InChI=1S/C22H15N9/c23-13-7-12(9-24-10-13)17-8-15-18(11-27-17)30-31-20(15)22-28-19-14(4-6-26-21(19)29-22)16-3-1-2-5-25-16/h1-11H,23H2,(H,30,31)(H,26,28,29). The second-order valence-electron chi connectivity index (χ2n) is 7.05. The highest BCUT2D eigenvalue weighted by Crippen LogP contribution is 2.31. The maximum Gasteiger partial charge on any atom is 0.178 e. The summed E-state index contributed by atoms with van der Waals surface area (Å²) >= 11 is 0. The largest absolute Gasteiger partial charge is 0.397 e. The Labute approximate surface area is 175 Å². The Balaban J connectivity index is 1.51. The lowest BCUT2D eigenvalue weighted by Gasteiger charge is -2.02. The molecule has 0 aliphatic heterocycles. The lowest BCUT2D eigenvalue weighted by Crippen LogP contribution is -1.90. The number of H-pyrrole nitrogens is 2. The van der Waals surface area contributed by atoms with Crippen LogP contribution in [0.25, 0.3) is 56.1 Å². The second-order valence-corrected chi connectivity index (χ2v) is 7.05. The van der Waals surface area contributed by atoms with Crippen molar-refractivity contribution in [2.24, 2.45) is 0 Å².